The molecular weight excluding hydrogens is 306 g/mol. The lowest BCUT2D eigenvalue weighted by Gasteiger charge is -2.31. The van der Waals surface area contributed by atoms with Gasteiger partial charge in [0.05, 0.1) is 4.90 Å². The highest BCUT2D eigenvalue weighted by molar-refractivity contribution is 7.89. The van der Waals surface area contributed by atoms with E-state index in [1.165, 1.54) is 0 Å². The van der Waals surface area contributed by atoms with E-state index in [1.54, 1.807) is 28.6 Å². The summed E-state index contributed by atoms with van der Waals surface area (Å²) in [5, 5.41) is 0. The van der Waals surface area contributed by atoms with Crippen molar-refractivity contribution in [2.24, 2.45) is 5.92 Å². The molecule has 0 aliphatic heterocycles. The van der Waals surface area contributed by atoms with Gasteiger partial charge in [-0.15, -0.1) is 11.6 Å². The third-order valence-corrected chi connectivity index (χ3v) is 5.82. The fourth-order valence-corrected chi connectivity index (χ4v) is 4.50. The highest BCUT2D eigenvalue weighted by atomic mass is 35.5. The standard InChI is InChI=1S/C16H26ClNO2S/c1-5-15(6-2)18(12-13(3)4)21(19,20)16-9-7-14(11-17)8-10-16/h7-10,13,15H,5-6,11-12H2,1-4H3. The van der Waals surface area contributed by atoms with Crippen LogP contribution in [0.4, 0.5) is 0 Å². The summed E-state index contributed by atoms with van der Waals surface area (Å²) >= 11 is 5.76. The molecule has 5 heteroatoms. The van der Waals surface area contributed by atoms with Crippen LogP contribution in [-0.4, -0.2) is 25.3 Å². The maximum absolute atomic E-state index is 12.9. The SMILES string of the molecule is CCC(CC)N(CC(C)C)S(=O)(=O)c1ccc(CCl)cc1. The smallest absolute Gasteiger partial charge is 0.207 e. The Kier molecular flexibility index (Phi) is 7.17. The largest absolute Gasteiger partial charge is 0.243 e. The van der Waals surface area contributed by atoms with Crippen LogP contribution in [0.5, 0.6) is 0 Å². The topological polar surface area (TPSA) is 37.4 Å². The van der Waals surface area contributed by atoms with Crippen LogP contribution >= 0.6 is 11.6 Å². The quantitative estimate of drug-likeness (QED) is 0.667. The second kappa shape index (κ2) is 8.16. The zero-order valence-electron chi connectivity index (χ0n) is 13.3. The zero-order chi connectivity index (χ0) is 16.0. The Morgan fingerprint density at radius 2 is 1.62 bits per heavy atom. The van der Waals surface area contributed by atoms with Gasteiger partial charge in [0.15, 0.2) is 0 Å². The Bertz CT molecular complexity index is 522. The molecule has 0 aliphatic rings. The van der Waals surface area contributed by atoms with E-state index in [0.29, 0.717) is 23.2 Å². The molecule has 0 heterocycles. The van der Waals surface area contributed by atoms with Crippen molar-refractivity contribution >= 4 is 21.6 Å². The van der Waals surface area contributed by atoms with Gasteiger partial charge in [0, 0.05) is 18.5 Å². The molecule has 0 N–H and O–H groups in total. The minimum atomic E-state index is -3.45. The van der Waals surface area contributed by atoms with E-state index in [9.17, 15) is 8.42 Å². The third kappa shape index (κ3) is 4.70. The van der Waals surface area contributed by atoms with Gasteiger partial charge in [0.1, 0.15) is 0 Å². The molecule has 0 saturated heterocycles. The van der Waals surface area contributed by atoms with Crippen molar-refractivity contribution in [2.75, 3.05) is 6.54 Å². The molecule has 0 spiro atoms. The Hall–Kier alpha value is -0.580. The summed E-state index contributed by atoms with van der Waals surface area (Å²) in [6.45, 7) is 8.70. The first-order valence-corrected chi connectivity index (χ1v) is 9.50. The molecule has 1 aromatic rings. The molecule has 3 nitrogen and oxygen atoms in total. The third-order valence-electron chi connectivity index (χ3n) is 3.58. The normalized spacial score (nSPS) is 12.6. The van der Waals surface area contributed by atoms with Gasteiger partial charge >= 0.3 is 0 Å². The van der Waals surface area contributed by atoms with Crippen LogP contribution in [0.25, 0.3) is 0 Å². The first-order chi connectivity index (χ1) is 9.86. The van der Waals surface area contributed by atoms with Gasteiger partial charge in [-0.3, -0.25) is 0 Å². The number of alkyl halides is 1. The van der Waals surface area contributed by atoms with Gasteiger partial charge in [-0.25, -0.2) is 8.42 Å². The van der Waals surface area contributed by atoms with Crippen LogP contribution in [-0.2, 0) is 15.9 Å². The molecule has 0 amide bonds. The molecule has 0 saturated carbocycles. The predicted octanol–water partition coefficient (Wildman–Crippen LogP) is 4.26. The van der Waals surface area contributed by atoms with Gasteiger partial charge in [0.25, 0.3) is 0 Å². The Morgan fingerprint density at radius 1 is 1.10 bits per heavy atom. The number of sulfonamides is 1. The molecule has 0 aliphatic carbocycles. The van der Waals surface area contributed by atoms with Crippen molar-refractivity contribution < 1.29 is 8.42 Å². The number of hydrogen-bond acceptors (Lipinski definition) is 2. The number of halogens is 1. The second-order valence-electron chi connectivity index (χ2n) is 5.72. The van der Waals surface area contributed by atoms with Crippen LogP contribution in [0.15, 0.2) is 29.2 Å². The molecule has 0 unspecified atom stereocenters. The van der Waals surface area contributed by atoms with Crippen molar-refractivity contribution in [3.05, 3.63) is 29.8 Å². The summed E-state index contributed by atoms with van der Waals surface area (Å²) in [7, 11) is -3.45. The summed E-state index contributed by atoms with van der Waals surface area (Å²) < 4.78 is 27.5. The molecule has 1 rings (SSSR count). The Labute approximate surface area is 134 Å². The average molecular weight is 332 g/mol. The van der Waals surface area contributed by atoms with Crippen LogP contribution in [0, 0.1) is 5.92 Å². The van der Waals surface area contributed by atoms with E-state index in [1.807, 2.05) is 27.7 Å². The molecule has 0 bridgehead atoms. The maximum Gasteiger partial charge on any atom is 0.243 e. The van der Waals surface area contributed by atoms with Crippen molar-refractivity contribution in [1.29, 1.82) is 0 Å². The molecule has 0 atom stereocenters. The van der Waals surface area contributed by atoms with Gasteiger partial charge in [-0.05, 0) is 36.5 Å². The van der Waals surface area contributed by atoms with E-state index in [2.05, 4.69) is 0 Å². The second-order valence-corrected chi connectivity index (χ2v) is 7.87. The molecule has 1 aromatic carbocycles. The summed E-state index contributed by atoms with van der Waals surface area (Å²) in [5.74, 6) is 0.685. The highest BCUT2D eigenvalue weighted by Crippen LogP contribution is 2.23. The minimum absolute atomic E-state index is 0.0464. The van der Waals surface area contributed by atoms with Gasteiger partial charge < -0.3 is 0 Å². The van der Waals surface area contributed by atoms with Crippen molar-refractivity contribution in [1.82, 2.24) is 4.31 Å². The molecule has 0 radical (unpaired) electrons. The lowest BCUT2D eigenvalue weighted by Crippen LogP contribution is -2.41. The van der Waals surface area contributed by atoms with Crippen molar-refractivity contribution in [3.8, 4) is 0 Å². The number of benzene rings is 1. The fourth-order valence-electron chi connectivity index (χ4n) is 2.39. The summed E-state index contributed by atoms with van der Waals surface area (Å²) in [6, 6.07) is 6.91. The van der Waals surface area contributed by atoms with E-state index in [4.69, 9.17) is 11.6 Å². The summed E-state index contributed by atoms with van der Waals surface area (Å²) in [6.07, 6.45) is 1.64. The molecular formula is C16H26ClNO2S. The van der Waals surface area contributed by atoms with Gasteiger partial charge in [-0.1, -0.05) is 39.8 Å². The van der Waals surface area contributed by atoms with Crippen LogP contribution in [0.1, 0.15) is 46.1 Å². The van der Waals surface area contributed by atoms with Crippen molar-refractivity contribution in [2.45, 2.75) is 57.4 Å². The minimum Gasteiger partial charge on any atom is -0.207 e. The van der Waals surface area contributed by atoms with E-state index >= 15 is 0 Å². The molecule has 21 heavy (non-hydrogen) atoms. The van der Waals surface area contributed by atoms with Crippen LogP contribution in [0.3, 0.4) is 0 Å². The van der Waals surface area contributed by atoms with Crippen LogP contribution < -0.4 is 0 Å². The molecule has 120 valence electrons. The van der Waals surface area contributed by atoms with E-state index in [0.717, 1.165) is 18.4 Å². The zero-order valence-corrected chi connectivity index (χ0v) is 14.9. The first-order valence-electron chi connectivity index (χ1n) is 7.53. The molecule has 0 fully saturated rings. The van der Waals surface area contributed by atoms with Gasteiger partial charge in [0.2, 0.25) is 10.0 Å². The number of rotatable bonds is 8. The van der Waals surface area contributed by atoms with Crippen molar-refractivity contribution in [3.63, 3.8) is 0 Å². The fraction of sp³-hybridized carbons (Fsp3) is 0.625. The first kappa shape index (κ1) is 18.5. The molecule has 0 aromatic heterocycles. The lowest BCUT2D eigenvalue weighted by molar-refractivity contribution is 0.277. The monoisotopic (exact) mass is 331 g/mol. The Balaban J connectivity index is 3.18. The Morgan fingerprint density at radius 3 is 2.00 bits per heavy atom. The number of hydrogen-bond donors (Lipinski definition) is 0. The van der Waals surface area contributed by atoms with E-state index < -0.39 is 10.0 Å². The summed E-state index contributed by atoms with van der Waals surface area (Å²) in [4.78, 5) is 0.351. The predicted molar refractivity (Wildman–Crippen MR) is 89.1 cm³/mol. The van der Waals surface area contributed by atoms with Gasteiger partial charge in [-0.2, -0.15) is 4.31 Å². The summed E-state index contributed by atoms with van der Waals surface area (Å²) in [5.41, 5.74) is 0.925. The lowest BCUT2D eigenvalue weighted by atomic mass is 10.1. The maximum atomic E-state index is 12.9. The average Bonchev–Trinajstić information content (AvgIpc) is 2.47. The highest BCUT2D eigenvalue weighted by Gasteiger charge is 2.30. The number of nitrogens with zero attached hydrogens (tertiary/aromatic N) is 1. The van der Waals surface area contributed by atoms with Crippen LogP contribution in [0.2, 0.25) is 0 Å². The van der Waals surface area contributed by atoms with E-state index in [-0.39, 0.29) is 6.04 Å².